The van der Waals surface area contributed by atoms with E-state index in [1.54, 1.807) is 7.11 Å². The van der Waals surface area contributed by atoms with Crippen molar-refractivity contribution in [1.29, 1.82) is 0 Å². The Balaban J connectivity index is 0.00000289. The molecule has 0 bridgehead atoms. The molecule has 4 rings (SSSR count). The summed E-state index contributed by atoms with van der Waals surface area (Å²) in [6.45, 7) is 7.47. The van der Waals surface area contributed by atoms with Crippen LogP contribution < -0.4 is 10.1 Å². The van der Waals surface area contributed by atoms with E-state index in [9.17, 15) is 0 Å². The number of halogens is 1. The quantitative estimate of drug-likeness (QED) is 0.247. The summed E-state index contributed by atoms with van der Waals surface area (Å²) in [5.41, 5.74) is 1.28. The van der Waals surface area contributed by atoms with E-state index in [-0.39, 0.29) is 24.0 Å². The number of nitrogens with zero attached hydrogens (tertiary/aromatic N) is 6. The summed E-state index contributed by atoms with van der Waals surface area (Å²) >= 11 is 0. The van der Waals surface area contributed by atoms with Gasteiger partial charge < -0.3 is 19.5 Å². The Morgan fingerprint density at radius 1 is 1.19 bits per heavy atom. The third-order valence-corrected chi connectivity index (χ3v) is 6.23. The normalized spacial score (nSPS) is 18.8. The zero-order chi connectivity index (χ0) is 21.6. The average Bonchev–Trinajstić information content (AvgIpc) is 3.54. The number of methoxy groups -OCH3 is 1. The number of rotatable bonds is 7. The molecule has 2 aliphatic heterocycles. The van der Waals surface area contributed by atoms with E-state index >= 15 is 0 Å². The summed E-state index contributed by atoms with van der Waals surface area (Å²) in [6, 6.07) is 8.84. The molecule has 3 heterocycles. The van der Waals surface area contributed by atoms with Crippen molar-refractivity contribution in [2.75, 3.05) is 39.8 Å². The number of ether oxygens (including phenoxy) is 1. The van der Waals surface area contributed by atoms with E-state index in [2.05, 4.69) is 49.6 Å². The van der Waals surface area contributed by atoms with Gasteiger partial charge in [-0.2, -0.15) is 0 Å². The van der Waals surface area contributed by atoms with Crippen LogP contribution in [-0.4, -0.2) is 76.4 Å². The molecular formula is C23H34IN7O. The van der Waals surface area contributed by atoms with Crippen LogP contribution in [0, 0.1) is 6.92 Å². The molecule has 0 saturated carbocycles. The number of hydrogen-bond donors (Lipinski definition) is 1. The summed E-state index contributed by atoms with van der Waals surface area (Å²) in [6.07, 6.45) is 6.63. The number of guanidine groups is 1. The average molecular weight is 551 g/mol. The molecule has 1 fully saturated rings. The maximum absolute atomic E-state index is 5.25. The highest BCUT2D eigenvalue weighted by molar-refractivity contribution is 14.0. The predicted molar refractivity (Wildman–Crippen MR) is 138 cm³/mol. The van der Waals surface area contributed by atoms with E-state index in [0.717, 1.165) is 62.5 Å². The van der Waals surface area contributed by atoms with Gasteiger partial charge in [-0.1, -0.05) is 24.3 Å². The minimum atomic E-state index is 0. The molecule has 2 aromatic rings. The van der Waals surface area contributed by atoms with Crippen molar-refractivity contribution in [3.63, 3.8) is 0 Å². The molecule has 0 amide bonds. The van der Waals surface area contributed by atoms with Crippen LogP contribution in [0.4, 0.5) is 0 Å². The molecule has 0 aliphatic carbocycles. The van der Waals surface area contributed by atoms with Gasteiger partial charge >= 0.3 is 0 Å². The first-order chi connectivity index (χ1) is 15.1. The van der Waals surface area contributed by atoms with Gasteiger partial charge in [0.2, 0.25) is 0 Å². The van der Waals surface area contributed by atoms with Crippen molar-refractivity contribution in [3.8, 4) is 5.75 Å². The Labute approximate surface area is 207 Å². The molecular weight excluding hydrogens is 517 g/mol. The molecule has 0 spiro atoms. The third kappa shape index (κ3) is 6.00. The lowest BCUT2D eigenvalue weighted by Crippen LogP contribution is -2.43. The van der Waals surface area contributed by atoms with E-state index in [0.29, 0.717) is 12.6 Å². The number of aliphatic imine (C=N–C) groups is 1. The SMILES string of the molecule is COc1ccc(CCNC(=NCc2nnc(C)n2C)N2CCC(N3CC=CC3)C2)cc1.I. The fourth-order valence-electron chi connectivity index (χ4n) is 4.14. The third-order valence-electron chi connectivity index (χ3n) is 6.23. The van der Waals surface area contributed by atoms with Crippen LogP contribution in [0.25, 0.3) is 0 Å². The van der Waals surface area contributed by atoms with Gasteiger partial charge in [-0.15, -0.1) is 34.2 Å². The number of nitrogens with one attached hydrogen (secondary N) is 1. The minimum Gasteiger partial charge on any atom is -0.497 e. The van der Waals surface area contributed by atoms with Crippen molar-refractivity contribution in [2.45, 2.75) is 32.4 Å². The van der Waals surface area contributed by atoms with Crippen molar-refractivity contribution < 1.29 is 4.74 Å². The first-order valence-corrected chi connectivity index (χ1v) is 11.0. The summed E-state index contributed by atoms with van der Waals surface area (Å²) in [5, 5.41) is 12.0. The molecule has 9 heteroatoms. The fraction of sp³-hybridized carbons (Fsp3) is 0.522. The largest absolute Gasteiger partial charge is 0.497 e. The molecule has 1 unspecified atom stereocenters. The second kappa shape index (κ2) is 11.6. The number of aromatic nitrogens is 3. The van der Waals surface area contributed by atoms with Gasteiger partial charge in [-0.25, -0.2) is 4.99 Å². The summed E-state index contributed by atoms with van der Waals surface area (Å²) in [4.78, 5) is 9.86. The highest BCUT2D eigenvalue weighted by Gasteiger charge is 2.29. The van der Waals surface area contributed by atoms with Gasteiger partial charge in [0.1, 0.15) is 18.1 Å². The predicted octanol–water partition coefficient (Wildman–Crippen LogP) is 2.38. The lowest BCUT2D eigenvalue weighted by atomic mass is 10.1. The maximum Gasteiger partial charge on any atom is 0.194 e. The number of benzene rings is 1. The Kier molecular flexibility index (Phi) is 8.92. The Bertz CT molecular complexity index is 917. The van der Waals surface area contributed by atoms with Crippen LogP contribution in [0.2, 0.25) is 0 Å². The molecule has 2 aliphatic rings. The second-order valence-corrected chi connectivity index (χ2v) is 8.20. The molecule has 32 heavy (non-hydrogen) atoms. The van der Waals surface area contributed by atoms with Crippen LogP contribution in [0.3, 0.4) is 0 Å². The Hall–Kier alpha value is -2.14. The molecule has 1 saturated heterocycles. The lowest BCUT2D eigenvalue weighted by Gasteiger charge is -2.25. The molecule has 1 atom stereocenters. The van der Waals surface area contributed by atoms with Crippen molar-refractivity contribution in [3.05, 3.63) is 53.6 Å². The molecule has 1 aromatic heterocycles. The molecule has 0 radical (unpaired) electrons. The zero-order valence-electron chi connectivity index (χ0n) is 19.2. The van der Waals surface area contributed by atoms with Crippen LogP contribution in [0.15, 0.2) is 41.4 Å². The number of aryl methyl sites for hydroxylation is 1. The van der Waals surface area contributed by atoms with Crippen LogP contribution in [-0.2, 0) is 20.0 Å². The van der Waals surface area contributed by atoms with Crippen molar-refractivity contribution >= 4 is 29.9 Å². The maximum atomic E-state index is 5.25. The van der Waals surface area contributed by atoms with E-state index in [1.807, 2.05) is 30.7 Å². The van der Waals surface area contributed by atoms with Crippen LogP contribution >= 0.6 is 24.0 Å². The van der Waals surface area contributed by atoms with Gasteiger partial charge in [0.25, 0.3) is 0 Å². The monoisotopic (exact) mass is 551 g/mol. The highest BCUT2D eigenvalue weighted by atomic mass is 127. The summed E-state index contributed by atoms with van der Waals surface area (Å²) in [5.74, 6) is 3.63. The zero-order valence-corrected chi connectivity index (χ0v) is 21.5. The van der Waals surface area contributed by atoms with E-state index in [1.165, 1.54) is 12.0 Å². The number of likely N-dealkylation sites (tertiary alicyclic amines) is 1. The van der Waals surface area contributed by atoms with Gasteiger partial charge in [-0.05, 0) is 37.5 Å². The fourth-order valence-corrected chi connectivity index (χ4v) is 4.14. The highest BCUT2D eigenvalue weighted by Crippen LogP contribution is 2.18. The second-order valence-electron chi connectivity index (χ2n) is 8.20. The lowest BCUT2D eigenvalue weighted by molar-refractivity contribution is 0.259. The smallest absolute Gasteiger partial charge is 0.194 e. The van der Waals surface area contributed by atoms with Crippen LogP contribution in [0.5, 0.6) is 5.75 Å². The van der Waals surface area contributed by atoms with E-state index < -0.39 is 0 Å². The van der Waals surface area contributed by atoms with Gasteiger partial charge in [0, 0.05) is 45.8 Å². The number of hydrogen-bond acceptors (Lipinski definition) is 5. The Morgan fingerprint density at radius 3 is 2.59 bits per heavy atom. The van der Waals surface area contributed by atoms with Gasteiger partial charge in [0.05, 0.1) is 7.11 Å². The van der Waals surface area contributed by atoms with Crippen LogP contribution in [0.1, 0.15) is 23.6 Å². The van der Waals surface area contributed by atoms with Crippen molar-refractivity contribution in [1.82, 2.24) is 29.9 Å². The van der Waals surface area contributed by atoms with E-state index in [4.69, 9.17) is 9.73 Å². The topological polar surface area (TPSA) is 70.8 Å². The summed E-state index contributed by atoms with van der Waals surface area (Å²) in [7, 11) is 3.68. The first kappa shape index (κ1) is 24.5. The van der Waals surface area contributed by atoms with Gasteiger partial charge in [0.15, 0.2) is 11.8 Å². The molecule has 1 aromatic carbocycles. The molecule has 174 valence electrons. The first-order valence-electron chi connectivity index (χ1n) is 11.0. The summed E-state index contributed by atoms with van der Waals surface area (Å²) < 4.78 is 7.26. The minimum absolute atomic E-state index is 0. The molecule has 1 N–H and O–H groups in total. The Morgan fingerprint density at radius 2 is 1.94 bits per heavy atom. The van der Waals surface area contributed by atoms with Gasteiger partial charge in [-0.3, -0.25) is 4.90 Å². The molecule has 8 nitrogen and oxygen atoms in total. The standard InChI is InChI=1S/C23H33N7O.HI/c1-18-26-27-22(28(18)2)16-25-23(24-12-10-19-6-8-21(31-3)9-7-19)30-15-11-20(17-30)29-13-4-5-14-29;/h4-9,20H,10-17H2,1-3H3,(H,24,25);1H. The van der Waals surface area contributed by atoms with Crippen molar-refractivity contribution in [2.24, 2.45) is 12.0 Å².